The van der Waals surface area contributed by atoms with Gasteiger partial charge in [-0.25, -0.2) is 0 Å². The van der Waals surface area contributed by atoms with Gasteiger partial charge in [-0.3, -0.25) is 14.4 Å². The maximum Gasteiger partial charge on any atom is 0.253 e. The van der Waals surface area contributed by atoms with Crippen LogP contribution in [0.2, 0.25) is 10.0 Å². The van der Waals surface area contributed by atoms with Crippen LogP contribution in [-0.4, -0.2) is 30.3 Å². The van der Waals surface area contributed by atoms with Gasteiger partial charge in [-0.1, -0.05) is 41.3 Å². The molecule has 1 unspecified atom stereocenters. The SMILES string of the molecule is C#Cc1cccc(NC(=O)CNC(=O)C(C)NC(=O)c2cccc(Cl)c2Cl)c1. The molecule has 0 heterocycles. The number of halogens is 2. The van der Waals surface area contributed by atoms with Gasteiger partial charge in [0.15, 0.2) is 0 Å². The lowest BCUT2D eigenvalue weighted by Crippen LogP contribution is -2.46. The molecule has 0 aliphatic carbocycles. The smallest absolute Gasteiger partial charge is 0.253 e. The van der Waals surface area contributed by atoms with Crippen molar-refractivity contribution >= 4 is 46.6 Å². The summed E-state index contributed by atoms with van der Waals surface area (Å²) < 4.78 is 0. The van der Waals surface area contributed by atoms with Gasteiger partial charge >= 0.3 is 0 Å². The third-order valence-electron chi connectivity index (χ3n) is 3.67. The first-order chi connectivity index (χ1) is 13.3. The number of nitrogens with one attached hydrogen (secondary N) is 3. The van der Waals surface area contributed by atoms with Gasteiger partial charge in [0.05, 0.1) is 22.2 Å². The average Bonchev–Trinajstić information content (AvgIpc) is 2.68. The third kappa shape index (κ3) is 5.74. The Balaban J connectivity index is 1.86. The molecule has 28 heavy (non-hydrogen) atoms. The van der Waals surface area contributed by atoms with Gasteiger partial charge < -0.3 is 16.0 Å². The van der Waals surface area contributed by atoms with Crippen LogP contribution in [0.3, 0.4) is 0 Å². The van der Waals surface area contributed by atoms with Crippen LogP contribution in [0.25, 0.3) is 0 Å². The van der Waals surface area contributed by atoms with Crippen molar-refractivity contribution in [1.29, 1.82) is 0 Å². The van der Waals surface area contributed by atoms with E-state index in [1.54, 1.807) is 36.4 Å². The number of terminal acetylenes is 1. The highest BCUT2D eigenvalue weighted by molar-refractivity contribution is 6.43. The van der Waals surface area contributed by atoms with Gasteiger partial charge in [0.2, 0.25) is 11.8 Å². The minimum absolute atomic E-state index is 0.0999. The fourth-order valence-electron chi connectivity index (χ4n) is 2.23. The van der Waals surface area contributed by atoms with Crippen molar-refractivity contribution < 1.29 is 14.4 Å². The van der Waals surface area contributed by atoms with Crippen LogP contribution in [0.15, 0.2) is 42.5 Å². The van der Waals surface area contributed by atoms with E-state index in [0.717, 1.165) is 0 Å². The molecule has 0 aromatic heterocycles. The number of anilines is 1. The summed E-state index contributed by atoms with van der Waals surface area (Å²) in [6, 6.07) is 10.5. The van der Waals surface area contributed by atoms with Crippen molar-refractivity contribution in [2.24, 2.45) is 0 Å². The molecular weight excluding hydrogens is 401 g/mol. The van der Waals surface area contributed by atoms with Crippen LogP contribution >= 0.6 is 23.2 Å². The first-order valence-corrected chi connectivity index (χ1v) is 8.96. The molecule has 2 aromatic carbocycles. The van der Waals surface area contributed by atoms with Crippen molar-refractivity contribution in [2.75, 3.05) is 11.9 Å². The first kappa shape index (κ1) is 21.3. The Hall–Kier alpha value is -3.01. The molecule has 0 spiro atoms. The second-order valence-electron chi connectivity index (χ2n) is 5.79. The Morgan fingerprint density at radius 3 is 2.57 bits per heavy atom. The van der Waals surface area contributed by atoms with E-state index in [1.165, 1.54) is 13.0 Å². The molecule has 3 amide bonds. The Morgan fingerprint density at radius 1 is 1.14 bits per heavy atom. The highest BCUT2D eigenvalue weighted by Crippen LogP contribution is 2.25. The van der Waals surface area contributed by atoms with Crippen molar-refractivity contribution in [3.8, 4) is 12.3 Å². The number of hydrogen-bond acceptors (Lipinski definition) is 3. The standard InChI is InChI=1S/C20H17Cl2N3O3/c1-3-13-6-4-7-14(10-13)25-17(26)11-23-19(27)12(2)24-20(28)15-8-5-9-16(21)18(15)22/h1,4-10,12H,11H2,2H3,(H,23,27)(H,24,28)(H,25,26). The molecule has 6 nitrogen and oxygen atoms in total. The molecule has 0 saturated carbocycles. The monoisotopic (exact) mass is 417 g/mol. The van der Waals surface area contributed by atoms with E-state index in [2.05, 4.69) is 21.9 Å². The molecule has 0 fully saturated rings. The summed E-state index contributed by atoms with van der Waals surface area (Å²) in [5, 5.41) is 7.91. The van der Waals surface area contributed by atoms with E-state index in [1.807, 2.05) is 0 Å². The lowest BCUT2D eigenvalue weighted by atomic mass is 10.2. The topological polar surface area (TPSA) is 87.3 Å². The van der Waals surface area contributed by atoms with Gasteiger partial charge in [-0.15, -0.1) is 6.42 Å². The van der Waals surface area contributed by atoms with Gasteiger partial charge in [-0.05, 0) is 37.3 Å². The second kappa shape index (κ2) is 9.79. The van der Waals surface area contributed by atoms with Crippen LogP contribution in [-0.2, 0) is 9.59 Å². The molecule has 0 saturated heterocycles. The molecule has 3 N–H and O–H groups in total. The molecule has 2 rings (SSSR count). The zero-order chi connectivity index (χ0) is 20.7. The number of rotatable bonds is 6. The molecule has 144 valence electrons. The number of amides is 3. The maximum atomic E-state index is 12.2. The predicted octanol–water partition coefficient (Wildman–Crippen LogP) is 2.85. The number of hydrogen-bond donors (Lipinski definition) is 3. The molecule has 8 heteroatoms. The van der Waals surface area contributed by atoms with Crippen molar-refractivity contribution in [2.45, 2.75) is 13.0 Å². The molecule has 1 atom stereocenters. The Kier molecular flexibility index (Phi) is 7.44. The molecule has 2 aromatic rings. The molecule has 0 bridgehead atoms. The predicted molar refractivity (Wildman–Crippen MR) is 109 cm³/mol. The van der Waals surface area contributed by atoms with Crippen LogP contribution in [0.4, 0.5) is 5.69 Å². The van der Waals surface area contributed by atoms with E-state index in [0.29, 0.717) is 11.3 Å². The van der Waals surface area contributed by atoms with E-state index < -0.39 is 23.8 Å². The first-order valence-electron chi connectivity index (χ1n) is 8.21. The number of carbonyl (C=O) groups is 3. The van der Waals surface area contributed by atoms with Gasteiger partial charge in [0.25, 0.3) is 5.91 Å². The summed E-state index contributed by atoms with van der Waals surface area (Å²) in [5.74, 6) is 0.955. The van der Waals surface area contributed by atoms with Crippen LogP contribution < -0.4 is 16.0 Å². The Bertz CT molecular complexity index is 954. The lowest BCUT2D eigenvalue weighted by molar-refractivity contribution is -0.125. The Labute approximate surface area is 172 Å². The van der Waals surface area contributed by atoms with Crippen molar-refractivity contribution in [3.05, 3.63) is 63.6 Å². The van der Waals surface area contributed by atoms with Gasteiger partial charge in [-0.2, -0.15) is 0 Å². The second-order valence-corrected chi connectivity index (χ2v) is 6.57. The highest BCUT2D eigenvalue weighted by atomic mass is 35.5. The summed E-state index contributed by atoms with van der Waals surface area (Å²) in [4.78, 5) is 36.3. The van der Waals surface area contributed by atoms with E-state index in [-0.39, 0.29) is 22.2 Å². The minimum atomic E-state index is -0.889. The third-order valence-corrected chi connectivity index (χ3v) is 4.49. The maximum absolute atomic E-state index is 12.2. The minimum Gasteiger partial charge on any atom is -0.345 e. The van der Waals surface area contributed by atoms with Crippen LogP contribution in [0.1, 0.15) is 22.8 Å². The highest BCUT2D eigenvalue weighted by Gasteiger charge is 2.19. The normalized spacial score (nSPS) is 11.1. The van der Waals surface area contributed by atoms with Crippen LogP contribution in [0, 0.1) is 12.3 Å². The van der Waals surface area contributed by atoms with E-state index in [9.17, 15) is 14.4 Å². The average molecular weight is 418 g/mol. The summed E-state index contributed by atoms with van der Waals surface area (Å²) in [6.45, 7) is 1.22. The molecule has 0 radical (unpaired) electrons. The Morgan fingerprint density at radius 2 is 1.86 bits per heavy atom. The summed E-state index contributed by atoms with van der Waals surface area (Å²) >= 11 is 11.9. The largest absolute Gasteiger partial charge is 0.345 e. The zero-order valence-electron chi connectivity index (χ0n) is 14.9. The van der Waals surface area contributed by atoms with Crippen LogP contribution in [0.5, 0.6) is 0 Å². The van der Waals surface area contributed by atoms with Gasteiger partial charge in [0, 0.05) is 11.3 Å². The molecular formula is C20H17Cl2N3O3. The summed E-state index contributed by atoms with van der Waals surface area (Å²) in [5.41, 5.74) is 1.30. The molecule has 0 aliphatic rings. The van der Waals surface area contributed by atoms with Crippen molar-refractivity contribution in [1.82, 2.24) is 10.6 Å². The summed E-state index contributed by atoms with van der Waals surface area (Å²) in [7, 11) is 0. The summed E-state index contributed by atoms with van der Waals surface area (Å²) in [6.07, 6.45) is 5.31. The number of carbonyl (C=O) groups excluding carboxylic acids is 3. The van der Waals surface area contributed by atoms with E-state index >= 15 is 0 Å². The fourth-order valence-corrected chi connectivity index (χ4v) is 2.62. The van der Waals surface area contributed by atoms with Gasteiger partial charge in [0.1, 0.15) is 6.04 Å². The molecule has 0 aliphatic heterocycles. The number of benzene rings is 2. The zero-order valence-corrected chi connectivity index (χ0v) is 16.4. The van der Waals surface area contributed by atoms with E-state index in [4.69, 9.17) is 29.6 Å². The lowest BCUT2D eigenvalue weighted by Gasteiger charge is -2.15. The quantitative estimate of drug-likeness (QED) is 0.631. The fraction of sp³-hybridized carbons (Fsp3) is 0.150. The van der Waals surface area contributed by atoms with Crippen molar-refractivity contribution in [3.63, 3.8) is 0 Å².